The van der Waals surface area contributed by atoms with E-state index in [1.807, 2.05) is 24.3 Å². The molecule has 0 saturated carbocycles. The van der Waals surface area contributed by atoms with Crippen molar-refractivity contribution in [1.82, 2.24) is 0 Å². The fraction of sp³-hybridized carbons (Fsp3) is 0.267. The number of anilines is 1. The number of carbonyl (C=O) groups is 1. The van der Waals surface area contributed by atoms with Crippen LogP contribution in [0.5, 0.6) is 0 Å². The zero-order chi connectivity index (χ0) is 15.5. The maximum atomic E-state index is 12.4. The molecule has 4 nitrogen and oxygen atoms in total. The van der Waals surface area contributed by atoms with Gasteiger partial charge in [0, 0.05) is 10.2 Å². The van der Waals surface area contributed by atoms with Gasteiger partial charge < -0.3 is 14.5 Å². The van der Waals surface area contributed by atoms with Crippen molar-refractivity contribution >= 4 is 43.5 Å². The van der Waals surface area contributed by atoms with E-state index in [0.717, 1.165) is 10.2 Å². The molecule has 0 aliphatic rings. The maximum Gasteiger partial charge on any atom is 0.339 e. The molecule has 112 valence electrons. The first-order valence-electron chi connectivity index (χ1n) is 6.43. The number of ether oxygens (including phenoxy) is 1. The molecule has 2 rings (SSSR count). The lowest BCUT2D eigenvalue weighted by molar-refractivity contribution is -0.149. The Bertz CT molecular complexity index is 641. The summed E-state index contributed by atoms with van der Waals surface area (Å²) in [6.07, 6.45) is 0. The highest BCUT2D eigenvalue weighted by atomic mass is 79.9. The minimum absolute atomic E-state index is 0.300. The van der Waals surface area contributed by atoms with Crippen LogP contribution in [0.4, 0.5) is 5.69 Å². The summed E-state index contributed by atoms with van der Waals surface area (Å²) < 4.78 is 12.2. The van der Waals surface area contributed by atoms with E-state index in [4.69, 9.17) is 9.15 Å². The van der Waals surface area contributed by atoms with Gasteiger partial charge in [0.15, 0.2) is 10.2 Å². The normalized spacial score (nSPS) is 13.5. The molecule has 0 spiro atoms. The molecule has 6 heteroatoms. The van der Waals surface area contributed by atoms with Crippen LogP contribution in [0.25, 0.3) is 0 Å². The molecular formula is C15H15Br2NO3. The van der Waals surface area contributed by atoms with Gasteiger partial charge >= 0.3 is 5.97 Å². The summed E-state index contributed by atoms with van der Waals surface area (Å²) in [5.41, 5.74) is -0.341. The number of carbonyl (C=O) groups excluding carboxylic acids is 1. The Morgan fingerprint density at radius 1 is 1.29 bits per heavy atom. The molecule has 1 unspecified atom stereocenters. The third kappa shape index (κ3) is 3.49. The first-order valence-corrected chi connectivity index (χ1v) is 8.01. The molecule has 0 radical (unpaired) electrons. The van der Waals surface area contributed by atoms with Crippen molar-refractivity contribution in [2.75, 3.05) is 11.9 Å². The summed E-state index contributed by atoms with van der Waals surface area (Å²) in [5.74, 6) is 0.0752. The molecule has 1 aromatic carbocycles. The third-order valence-corrected chi connectivity index (χ3v) is 4.13. The molecular weight excluding hydrogens is 402 g/mol. The maximum absolute atomic E-state index is 12.4. The number of halogens is 2. The van der Waals surface area contributed by atoms with E-state index in [1.54, 1.807) is 26.0 Å². The van der Waals surface area contributed by atoms with Gasteiger partial charge in [-0.3, -0.25) is 0 Å². The standard InChI is InChI=1S/C15H15Br2NO3/c1-3-20-14(19)15(2,12-8-9-13(17)21-12)18-11-7-5-4-6-10(11)16/h4-9,18H,3H2,1-2H3. The molecule has 0 aliphatic carbocycles. The second kappa shape index (κ2) is 6.66. The molecule has 0 saturated heterocycles. The first kappa shape index (κ1) is 16.1. The van der Waals surface area contributed by atoms with E-state index in [-0.39, 0.29) is 0 Å². The van der Waals surface area contributed by atoms with Gasteiger partial charge in [-0.1, -0.05) is 12.1 Å². The lowest BCUT2D eigenvalue weighted by Crippen LogP contribution is -2.41. The van der Waals surface area contributed by atoms with Crippen LogP contribution >= 0.6 is 31.9 Å². The molecule has 0 amide bonds. The summed E-state index contributed by atoms with van der Waals surface area (Å²) in [6.45, 7) is 3.80. The van der Waals surface area contributed by atoms with E-state index in [0.29, 0.717) is 17.0 Å². The predicted octanol–water partition coefficient (Wildman–Crippen LogP) is 4.70. The largest absolute Gasteiger partial charge is 0.464 e. The van der Waals surface area contributed by atoms with Gasteiger partial charge in [0.1, 0.15) is 5.76 Å². The molecule has 21 heavy (non-hydrogen) atoms. The highest BCUT2D eigenvalue weighted by Gasteiger charge is 2.40. The number of furan rings is 1. The average molecular weight is 417 g/mol. The molecule has 1 atom stereocenters. The quantitative estimate of drug-likeness (QED) is 0.718. The van der Waals surface area contributed by atoms with Crippen LogP contribution in [0.15, 0.2) is 50.0 Å². The summed E-state index contributed by atoms with van der Waals surface area (Å²) >= 11 is 6.72. The number of hydrogen-bond acceptors (Lipinski definition) is 4. The van der Waals surface area contributed by atoms with Crippen molar-refractivity contribution in [3.8, 4) is 0 Å². The van der Waals surface area contributed by atoms with Crippen LogP contribution < -0.4 is 5.32 Å². The molecule has 1 heterocycles. The topological polar surface area (TPSA) is 51.5 Å². The van der Waals surface area contributed by atoms with E-state index in [2.05, 4.69) is 37.2 Å². The Balaban J connectivity index is 2.41. The zero-order valence-corrected chi connectivity index (χ0v) is 14.8. The Kier molecular flexibility index (Phi) is 5.11. The summed E-state index contributed by atoms with van der Waals surface area (Å²) in [6, 6.07) is 11.0. The molecule has 0 bridgehead atoms. The number of esters is 1. The second-order valence-electron chi connectivity index (χ2n) is 4.55. The van der Waals surface area contributed by atoms with Gasteiger partial charge in [0.2, 0.25) is 0 Å². The Labute approximate surface area is 140 Å². The van der Waals surface area contributed by atoms with Gasteiger partial charge in [0.25, 0.3) is 0 Å². The number of hydrogen-bond donors (Lipinski definition) is 1. The van der Waals surface area contributed by atoms with Crippen molar-refractivity contribution < 1.29 is 13.9 Å². The summed E-state index contributed by atoms with van der Waals surface area (Å²) in [5, 5.41) is 3.20. The zero-order valence-electron chi connectivity index (χ0n) is 11.7. The molecule has 1 N–H and O–H groups in total. The monoisotopic (exact) mass is 415 g/mol. The van der Waals surface area contributed by atoms with Crippen LogP contribution in [0.1, 0.15) is 19.6 Å². The molecule has 0 aliphatic heterocycles. The van der Waals surface area contributed by atoms with Gasteiger partial charge in [-0.05, 0) is 70.0 Å². The minimum Gasteiger partial charge on any atom is -0.464 e. The van der Waals surface area contributed by atoms with E-state index < -0.39 is 11.5 Å². The number of benzene rings is 1. The van der Waals surface area contributed by atoms with Crippen LogP contribution in [0.2, 0.25) is 0 Å². The van der Waals surface area contributed by atoms with E-state index in [1.165, 1.54) is 0 Å². The van der Waals surface area contributed by atoms with E-state index in [9.17, 15) is 4.79 Å². The van der Waals surface area contributed by atoms with Gasteiger partial charge in [-0.2, -0.15) is 0 Å². The Morgan fingerprint density at radius 3 is 2.57 bits per heavy atom. The highest BCUT2D eigenvalue weighted by Crippen LogP contribution is 2.33. The van der Waals surface area contributed by atoms with Crippen molar-refractivity contribution in [2.45, 2.75) is 19.4 Å². The second-order valence-corrected chi connectivity index (χ2v) is 6.19. The van der Waals surface area contributed by atoms with Crippen LogP contribution in [-0.2, 0) is 15.1 Å². The number of rotatable bonds is 5. The SMILES string of the molecule is CCOC(=O)C(C)(Nc1ccccc1Br)c1ccc(Br)o1. The van der Waals surface area contributed by atoms with Crippen molar-refractivity contribution in [3.63, 3.8) is 0 Å². The lowest BCUT2D eigenvalue weighted by atomic mass is 9.98. The Hall–Kier alpha value is -1.27. The van der Waals surface area contributed by atoms with Crippen LogP contribution in [0, 0.1) is 0 Å². The highest BCUT2D eigenvalue weighted by molar-refractivity contribution is 9.10. The van der Waals surface area contributed by atoms with Gasteiger partial charge in [-0.25, -0.2) is 4.79 Å². The Morgan fingerprint density at radius 2 is 2.00 bits per heavy atom. The molecule has 0 fully saturated rings. The van der Waals surface area contributed by atoms with Crippen molar-refractivity contribution in [2.24, 2.45) is 0 Å². The van der Waals surface area contributed by atoms with E-state index >= 15 is 0 Å². The number of nitrogens with one attached hydrogen (secondary N) is 1. The average Bonchev–Trinajstić information content (AvgIpc) is 2.89. The minimum atomic E-state index is -1.12. The fourth-order valence-corrected chi connectivity index (χ4v) is 2.59. The molecule has 2 aromatic rings. The third-order valence-electron chi connectivity index (χ3n) is 3.01. The van der Waals surface area contributed by atoms with Crippen LogP contribution in [-0.4, -0.2) is 12.6 Å². The smallest absolute Gasteiger partial charge is 0.339 e. The molecule has 1 aromatic heterocycles. The lowest BCUT2D eigenvalue weighted by Gasteiger charge is -2.28. The van der Waals surface area contributed by atoms with Crippen molar-refractivity contribution in [1.29, 1.82) is 0 Å². The summed E-state index contributed by atoms with van der Waals surface area (Å²) in [4.78, 5) is 12.4. The number of para-hydroxylation sites is 1. The van der Waals surface area contributed by atoms with Gasteiger partial charge in [-0.15, -0.1) is 0 Å². The van der Waals surface area contributed by atoms with Gasteiger partial charge in [0.05, 0.1) is 6.61 Å². The van der Waals surface area contributed by atoms with Crippen molar-refractivity contribution in [3.05, 3.63) is 51.3 Å². The van der Waals surface area contributed by atoms with Crippen LogP contribution in [0.3, 0.4) is 0 Å². The summed E-state index contributed by atoms with van der Waals surface area (Å²) in [7, 11) is 0. The predicted molar refractivity (Wildman–Crippen MR) is 88.2 cm³/mol. The fourth-order valence-electron chi connectivity index (χ4n) is 1.90. The first-order chi connectivity index (χ1) is 9.97.